The molecule has 1 aliphatic rings. The van der Waals surface area contributed by atoms with E-state index in [0.717, 1.165) is 16.3 Å². The molecule has 0 heterocycles. The maximum Gasteiger partial charge on any atom is 0.339 e. The molecule has 0 saturated heterocycles. The van der Waals surface area contributed by atoms with Gasteiger partial charge in [0.15, 0.2) is 5.60 Å². The average Bonchev–Trinajstić information content (AvgIpc) is 2.56. The first kappa shape index (κ1) is 16.6. The van der Waals surface area contributed by atoms with Crippen LogP contribution in [0.25, 0.3) is 10.8 Å². The molecular formula is C19H20O5. The Morgan fingerprint density at radius 2 is 1.79 bits per heavy atom. The van der Waals surface area contributed by atoms with Crippen molar-refractivity contribution in [3.05, 3.63) is 59.7 Å². The van der Waals surface area contributed by atoms with Crippen LogP contribution in [-0.4, -0.2) is 44.2 Å². The van der Waals surface area contributed by atoms with Crippen molar-refractivity contribution in [2.24, 2.45) is 0 Å². The van der Waals surface area contributed by atoms with Crippen molar-refractivity contribution in [2.75, 3.05) is 0 Å². The molecule has 0 amide bonds. The summed E-state index contributed by atoms with van der Waals surface area (Å²) in [5, 5.41) is 41.4. The highest BCUT2D eigenvalue weighted by Gasteiger charge is 2.43. The van der Waals surface area contributed by atoms with Crippen molar-refractivity contribution in [2.45, 2.75) is 37.1 Å². The van der Waals surface area contributed by atoms with Gasteiger partial charge in [-0.3, -0.25) is 0 Å². The Labute approximate surface area is 139 Å². The van der Waals surface area contributed by atoms with Crippen molar-refractivity contribution in [3.63, 3.8) is 0 Å². The van der Waals surface area contributed by atoms with Crippen LogP contribution in [0.3, 0.4) is 0 Å². The molecule has 0 radical (unpaired) electrons. The maximum absolute atomic E-state index is 11.2. The summed E-state index contributed by atoms with van der Waals surface area (Å²) in [7, 11) is 0. The normalized spacial score (nSPS) is 27.0. The number of carboxylic acid groups (broad SMARTS) is 1. The van der Waals surface area contributed by atoms with Gasteiger partial charge in [-0.1, -0.05) is 42.5 Å². The van der Waals surface area contributed by atoms with Crippen LogP contribution in [0.4, 0.5) is 0 Å². The van der Waals surface area contributed by atoms with Gasteiger partial charge in [-0.15, -0.1) is 0 Å². The number of hydrogen-bond donors (Lipinski definition) is 4. The molecule has 3 rings (SSSR count). The lowest BCUT2D eigenvalue weighted by Gasteiger charge is -2.33. The molecule has 0 bridgehead atoms. The number of carboxylic acids is 1. The molecule has 2 aromatic rings. The smallest absolute Gasteiger partial charge is 0.339 e. The quantitative estimate of drug-likeness (QED) is 0.640. The Morgan fingerprint density at radius 3 is 2.50 bits per heavy atom. The summed E-state index contributed by atoms with van der Waals surface area (Å²) in [5.74, 6) is -1.42. The minimum atomic E-state index is -2.13. The molecule has 3 atom stereocenters. The lowest BCUT2D eigenvalue weighted by atomic mass is 9.81. The lowest BCUT2D eigenvalue weighted by Crippen LogP contribution is -2.48. The van der Waals surface area contributed by atoms with Gasteiger partial charge in [0.05, 0.1) is 6.10 Å². The molecule has 0 unspecified atom stereocenters. The third-order valence-electron chi connectivity index (χ3n) is 4.58. The van der Waals surface area contributed by atoms with Gasteiger partial charge in [-0.05, 0) is 40.8 Å². The molecule has 2 aromatic carbocycles. The molecule has 24 heavy (non-hydrogen) atoms. The first-order chi connectivity index (χ1) is 11.4. The standard InChI is InChI=1S/C19H20O5/c20-16-11-19(24,18(22)23)10-15(17(16)21)8-6-12-5-7-13-3-1-2-4-14(13)9-12/h1-5,7,9-10,16-17,20-21,24H,6,8,11H2,(H,22,23)/t16-,17-,19+/m1/s1. The van der Waals surface area contributed by atoms with Gasteiger partial charge in [0.25, 0.3) is 0 Å². The minimum Gasteiger partial charge on any atom is -0.479 e. The molecule has 0 fully saturated rings. The van der Waals surface area contributed by atoms with Crippen LogP contribution < -0.4 is 0 Å². The average molecular weight is 328 g/mol. The zero-order valence-corrected chi connectivity index (χ0v) is 13.1. The van der Waals surface area contributed by atoms with Crippen molar-refractivity contribution >= 4 is 16.7 Å². The van der Waals surface area contributed by atoms with Gasteiger partial charge in [-0.25, -0.2) is 4.79 Å². The molecule has 4 N–H and O–H groups in total. The van der Waals surface area contributed by atoms with Crippen molar-refractivity contribution in [3.8, 4) is 0 Å². The minimum absolute atomic E-state index is 0.354. The fourth-order valence-electron chi connectivity index (χ4n) is 3.18. The Balaban J connectivity index is 1.80. The van der Waals surface area contributed by atoms with E-state index in [1.807, 2.05) is 42.5 Å². The first-order valence-corrected chi connectivity index (χ1v) is 7.90. The van der Waals surface area contributed by atoms with Crippen LogP contribution in [0.2, 0.25) is 0 Å². The van der Waals surface area contributed by atoms with Crippen LogP contribution in [0.15, 0.2) is 54.1 Å². The second-order valence-corrected chi connectivity index (χ2v) is 6.35. The van der Waals surface area contributed by atoms with E-state index < -0.39 is 30.2 Å². The SMILES string of the molecule is O=C(O)[C@]1(O)C=C(CCc2ccc3ccccc3c2)[C@@H](O)[C@H](O)C1. The fourth-order valence-corrected chi connectivity index (χ4v) is 3.18. The molecule has 126 valence electrons. The highest BCUT2D eigenvalue weighted by Crippen LogP contribution is 2.30. The number of aryl methyl sites for hydroxylation is 1. The van der Waals surface area contributed by atoms with E-state index in [1.54, 1.807) is 0 Å². The number of rotatable bonds is 4. The van der Waals surface area contributed by atoms with Crippen molar-refractivity contribution in [1.82, 2.24) is 0 Å². The van der Waals surface area contributed by atoms with E-state index >= 15 is 0 Å². The van der Waals surface area contributed by atoms with E-state index in [1.165, 1.54) is 6.08 Å². The Kier molecular flexibility index (Phi) is 4.41. The molecule has 0 aromatic heterocycles. The predicted octanol–water partition coefficient (Wildman–Crippen LogP) is 1.64. The van der Waals surface area contributed by atoms with Gasteiger partial charge in [0, 0.05) is 6.42 Å². The Hall–Kier alpha value is -2.21. The van der Waals surface area contributed by atoms with Crippen LogP contribution in [0.1, 0.15) is 18.4 Å². The molecule has 5 nitrogen and oxygen atoms in total. The van der Waals surface area contributed by atoms with E-state index in [-0.39, 0.29) is 0 Å². The lowest BCUT2D eigenvalue weighted by molar-refractivity contribution is -0.158. The number of aliphatic hydroxyl groups is 3. The zero-order valence-electron chi connectivity index (χ0n) is 13.1. The molecule has 0 spiro atoms. The maximum atomic E-state index is 11.2. The first-order valence-electron chi connectivity index (χ1n) is 7.90. The number of aliphatic carboxylic acids is 1. The van der Waals surface area contributed by atoms with E-state index in [9.17, 15) is 20.1 Å². The topological polar surface area (TPSA) is 98.0 Å². The number of aliphatic hydroxyl groups excluding tert-OH is 2. The van der Waals surface area contributed by atoms with E-state index in [0.29, 0.717) is 18.4 Å². The Bertz CT molecular complexity index is 797. The largest absolute Gasteiger partial charge is 0.479 e. The predicted molar refractivity (Wildman–Crippen MR) is 89.6 cm³/mol. The summed E-state index contributed by atoms with van der Waals surface area (Å²) in [5.41, 5.74) is -0.732. The summed E-state index contributed by atoms with van der Waals surface area (Å²) >= 11 is 0. The number of carbonyl (C=O) groups is 1. The molecule has 0 aliphatic heterocycles. The van der Waals surface area contributed by atoms with E-state index in [4.69, 9.17) is 5.11 Å². The molecule has 0 saturated carbocycles. The number of fused-ring (bicyclic) bond motifs is 1. The van der Waals surface area contributed by atoms with Crippen molar-refractivity contribution in [1.29, 1.82) is 0 Å². The number of benzene rings is 2. The summed E-state index contributed by atoms with van der Waals surface area (Å²) in [6, 6.07) is 14.0. The monoisotopic (exact) mass is 328 g/mol. The van der Waals surface area contributed by atoms with Crippen LogP contribution >= 0.6 is 0 Å². The summed E-state index contributed by atoms with van der Waals surface area (Å²) in [4.78, 5) is 11.2. The van der Waals surface area contributed by atoms with Gasteiger partial charge in [0.2, 0.25) is 0 Å². The molecule has 5 heteroatoms. The molecule has 1 aliphatic carbocycles. The van der Waals surface area contributed by atoms with Gasteiger partial charge >= 0.3 is 5.97 Å². The van der Waals surface area contributed by atoms with Crippen LogP contribution in [0, 0.1) is 0 Å². The third kappa shape index (κ3) is 3.19. The van der Waals surface area contributed by atoms with E-state index in [2.05, 4.69) is 0 Å². The second kappa shape index (κ2) is 6.36. The fraction of sp³-hybridized carbons (Fsp3) is 0.316. The number of hydrogen-bond acceptors (Lipinski definition) is 4. The third-order valence-corrected chi connectivity index (χ3v) is 4.58. The van der Waals surface area contributed by atoms with Crippen LogP contribution in [0.5, 0.6) is 0 Å². The Morgan fingerprint density at radius 1 is 1.08 bits per heavy atom. The summed E-state index contributed by atoms with van der Waals surface area (Å²) in [6.07, 6.45) is -0.730. The highest BCUT2D eigenvalue weighted by molar-refractivity contribution is 5.83. The van der Waals surface area contributed by atoms with Gasteiger partial charge < -0.3 is 20.4 Å². The summed E-state index contributed by atoms with van der Waals surface area (Å²) in [6.45, 7) is 0. The highest BCUT2D eigenvalue weighted by atomic mass is 16.4. The molecular weight excluding hydrogens is 308 g/mol. The zero-order chi connectivity index (χ0) is 17.3. The van der Waals surface area contributed by atoms with Crippen molar-refractivity contribution < 1.29 is 25.2 Å². The van der Waals surface area contributed by atoms with Crippen LogP contribution in [-0.2, 0) is 11.2 Å². The summed E-state index contributed by atoms with van der Waals surface area (Å²) < 4.78 is 0. The van der Waals surface area contributed by atoms with Gasteiger partial charge in [0.1, 0.15) is 6.10 Å². The second-order valence-electron chi connectivity index (χ2n) is 6.35. The van der Waals surface area contributed by atoms with Gasteiger partial charge in [-0.2, -0.15) is 0 Å².